The van der Waals surface area contributed by atoms with Gasteiger partial charge in [-0.25, -0.2) is 4.99 Å². The van der Waals surface area contributed by atoms with Crippen LogP contribution in [-0.2, 0) is 6.61 Å². The summed E-state index contributed by atoms with van der Waals surface area (Å²) < 4.78 is 16.9. The van der Waals surface area contributed by atoms with Gasteiger partial charge in [-0.15, -0.1) is 0 Å². The zero-order valence-corrected chi connectivity index (χ0v) is 19.2. The van der Waals surface area contributed by atoms with Gasteiger partial charge in [0.25, 0.3) is 5.91 Å². The summed E-state index contributed by atoms with van der Waals surface area (Å²) in [5.74, 6) is 0.816. The van der Waals surface area contributed by atoms with E-state index in [-0.39, 0.29) is 17.7 Å². The predicted molar refractivity (Wildman–Crippen MR) is 128 cm³/mol. The van der Waals surface area contributed by atoms with E-state index in [1.54, 1.807) is 62.7 Å². The van der Waals surface area contributed by atoms with Gasteiger partial charge in [-0.2, -0.15) is 0 Å². The van der Waals surface area contributed by atoms with E-state index in [0.717, 1.165) is 0 Å². The fraction of sp³-hybridized carbons (Fsp3) is 0.192. The molecule has 4 aromatic rings. The van der Waals surface area contributed by atoms with Crippen LogP contribution in [0.1, 0.15) is 28.5 Å². The van der Waals surface area contributed by atoms with Crippen LogP contribution in [0.4, 0.5) is 11.4 Å². The van der Waals surface area contributed by atoms with Crippen LogP contribution in [0.15, 0.2) is 70.2 Å². The highest BCUT2D eigenvalue weighted by Crippen LogP contribution is 2.26. The zero-order chi connectivity index (χ0) is 24.1. The van der Waals surface area contributed by atoms with Crippen LogP contribution in [0.5, 0.6) is 11.5 Å². The molecule has 0 unspecified atom stereocenters. The first-order valence-electron chi connectivity index (χ1n) is 10.8. The lowest BCUT2D eigenvalue weighted by atomic mass is 10.1. The smallest absolute Gasteiger partial charge is 0.261 e. The third-order valence-corrected chi connectivity index (χ3v) is 5.20. The van der Waals surface area contributed by atoms with Gasteiger partial charge in [-0.1, -0.05) is 12.1 Å². The van der Waals surface area contributed by atoms with Gasteiger partial charge >= 0.3 is 0 Å². The van der Waals surface area contributed by atoms with Gasteiger partial charge in [0.2, 0.25) is 5.55 Å². The van der Waals surface area contributed by atoms with Gasteiger partial charge in [-0.3, -0.25) is 9.78 Å². The first-order valence-corrected chi connectivity index (χ1v) is 10.8. The van der Waals surface area contributed by atoms with Crippen LogP contribution in [0.25, 0.3) is 11.0 Å². The standard InChI is InChI=1S/C26H25N3O5/c1-4-33-23-8-6-5-7-22(23)29-25(31)21-13-20-17(15-30)14-27-16(2)24(20)34-26(21)28-18-9-11-19(32-3)12-10-18/h5-14,30H,4,15H2,1-3H3,(H,29,31). The van der Waals surface area contributed by atoms with Gasteiger partial charge < -0.3 is 24.3 Å². The second-order valence-corrected chi connectivity index (χ2v) is 7.43. The van der Waals surface area contributed by atoms with E-state index in [4.69, 9.17) is 13.9 Å². The summed E-state index contributed by atoms with van der Waals surface area (Å²) in [6, 6.07) is 15.9. The van der Waals surface area contributed by atoms with Crippen LogP contribution in [0.2, 0.25) is 0 Å². The Hall–Kier alpha value is -4.17. The number of hydrogen-bond donors (Lipinski definition) is 2. The first-order chi connectivity index (χ1) is 16.5. The predicted octanol–water partition coefficient (Wildman–Crippen LogP) is 4.52. The van der Waals surface area contributed by atoms with Crippen LogP contribution < -0.4 is 20.3 Å². The van der Waals surface area contributed by atoms with E-state index in [2.05, 4.69) is 15.3 Å². The summed E-state index contributed by atoms with van der Waals surface area (Å²) in [7, 11) is 1.59. The number of pyridine rings is 1. The number of anilines is 1. The van der Waals surface area contributed by atoms with Crippen molar-refractivity contribution in [2.45, 2.75) is 20.5 Å². The van der Waals surface area contributed by atoms with Gasteiger partial charge in [0.1, 0.15) is 17.1 Å². The van der Waals surface area contributed by atoms with Crippen molar-refractivity contribution in [1.82, 2.24) is 4.98 Å². The number of carbonyl (C=O) groups is 1. The minimum Gasteiger partial charge on any atom is -0.497 e. The van der Waals surface area contributed by atoms with Crippen molar-refractivity contribution in [3.63, 3.8) is 0 Å². The van der Waals surface area contributed by atoms with Crippen molar-refractivity contribution in [2.24, 2.45) is 4.99 Å². The van der Waals surface area contributed by atoms with E-state index in [0.29, 0.717) is 51.7 Å². The molecule has 8 heteroatoms. The summed E-state index contributed by atoms with van der Waals surface area (Å²) >= 11 is 0. The Morgan fingerprint density at radius 3 is 2.65 bits per heavy atom. The average Bonchev–Trinajstić information content (AvgIpc) is 2.86. The summed E-state index contributed by atoms with van der Waals surface area (Å²) in [4.78, 5) is 22.3. The highest BCUT2D eigenvalue weighted by molar-refractivity contribution is 6.06. The lowest BCUT2D eigenvalue weighted by Crippen LogP contribution is -2.22. The summed E-state index contributed by atoms with van der Waals surface area (Å²) in [5.41, 5.74) is 3.04. The van der Waals surface area contributed by atoms with Crippen molar-refractivity contribution >= 4 is 28.3 Å². The summed E-state index contributed by atoms with van der Waals surface area (Å²) in [6.45, 7) is 3.88. The van der Waals surface area contributed by atoms with Crippen molar-refractivity contribution in [3.8, 4) is 11.5 Å². The zero-order valence-electron chi connectivity index (χ0n) is 19.2. The number of aromatic nitrogens is 1. The number of ether oxygens (including phenoxy) is 2. The Kier molecular flexibility index (Phi) is 6.89. The molecule has 0 aliphatic carbocycles. The highest BCUT2D eigenvalue weighted by atomic mass is 16.5. The number of amides is 1. The van der Waals surface area contributed by atoms with E-state index >= 15 is 0 Å². The van der Waals surface area contributed by atoms with Crippen LogP contribution in [0, 0.1) is 6.92 Å². The van der Waals surface area contributed by atoms with Gasteiger partial charge in [0, 0.05) is 17.1 Å². The molecular formula is C26H25N3O5. The van der Waals surface area contributed by atoms with E-state index in [1.165, 1.54) is 0 Å². The summed E-state index contributed by atoms with van der Waals surface area (Å²) in [6.07, 6.45) is 1.57. The molecule has 174 valence electrons. The maximum atomic E-state index is 13.4. The molecule has 0 aliphatic heterocycles. The average molecular weight is 460 g/mol. The number of aliphatic hydroxyl groups is 1. The number of carbonyl (C=O) groups excluding carboxylic acids is 1. The molecule has 0 atom stereocenters. The second kappa shape index (κ2) is 10.2. The maximum Gasteiger partial charge on any atom is 0.261 e. The largest absolute Gasteiger partial charge is 0.497 e. The maximum absolute atomic E-state index is 13.4. The second-order valence-electron chi connectivity index (χ2n) is 7.43. The molecule has 0 radical (unpaired) electrons. The van der Waals surface area contributed by atoms with E-state index < -0.39 is 5.91 Å². The topological polar surface area (TPSA) is 106 Å². The Balaban J connectivity index is 1.88. The van der Waals surface area contributed by atoms with Crippen LogP contribution in [0.3, 0.4) is 0 Å². The number of nitrogens with zero attached hydrogens (tertiary/aromatic N) is 2. The van der Waals surface area contributed by atoms with Crippen LogP contribution in [-0.4, -0.2) is 29.7 Å². The van der Waals surface area contributed by atoms with Crippen molar-refractivity contribution < 1.29 is 23.8 Å². The molecule has 0 bridgehead atoms. The molecule has 4 rings (SSSR count). The van der Waals surface area contributed by atoms with Gasteiger partial charge in [0.15, 0.2) is 5.58 Å². The lowest BCUT2D eigenvalue weighted by Gasteiger charge is -2.12. The molecule has 0 saturated carbocycles. The number of methoxy groups -OCH3 is 1. The van der Waals surface area contributed by atoms with Crippen LogP contribution >= 0.6 is 0 Å². The van der Waals surface area contributed by atoms with Gasteiger partial charge in [-0.05, 0) is 56.3 Å². The van der Waals surface area contributed by atoms with Crippen molar-refractivity contribution in [2.75, 3.05) is 19.0 Å². The fourth-order valence-electron chi connectivity index (χ4n) is 3.48. The number of aryl methyl sites for hydroxylation is 1. The molecule has 2 N–H and O–H groups in total. The van der Waals surface area contributed by atoms with Crippen molar-refractivity contribution in [1.29, 1.82) is 0 Å². The molecule has 34 heavy (non-hydrogen) atoms. The Bertz CT molecular complexity index is 1390. The molecule has 2 aromatic carbocycles. The molecule has 2 heterocycles. The molecule has 0 saturated heterocycles. The van der Waals surface area contributed by atoms with Gasteiger partial charge in [0.05, 0.1) is 37.4 Å². The van der Waals surface area contributed by atoms with Crippen molar-refractivity contribution in [3.05, 3.63) is 83.2 Å². The Morgan fingerprint density at radius 1 is 1.18 bits per heavy atom. The molecule has 0 fully saturated rings. The fourth-order valence-corrected chi connectivity index (χ4v) is 3.48. The highest BCUT2D eigenvalue weighted by Gasteiger charge is 2.17. The number of nitrogens with one attached hydrogen (secondary N) is 1. The third kappa shape index (κ3) is 4.77. The number of benzene rings is 2. The lowest BCUT2D eigenvalue weighted by molar-refractivity contribution is 0.102. The molecule has 8 nitrogen and oxygen atoms in total. The Morgan fingerprint density at radius 2 is 1.94 bits per heavy atom. The molecule has 2 aromatic heterocycles. The number of rotatable bonds is 7. The molecule has 0 aliphatic rings. The number of aliphatic hydroxyl groups excluding tert-OH is 1. The minimum atomic E-state index is -0.427. The third-order valence-electron chi connectivity index (χ3n) is 5.20. The number of para-hydroxylation sites is 2. The molecular weight excluding hydrogens is 434 g/mol. The summed E-state index contributed by atoms with van der Waals surface area (Å²) in [5, 5.41) is 13.3. The monoisotopic (exact) mass is 459 g/mol. The SMILES string of the molecule is CCOc1ccccc1NC(=O)c1cc2c(CO)cnc(C)c2oc1=Nc1ccc(OC)cc1. The molecule has 1 amide bonds. The minimum absolute atomic E-state index is 0.115. The quantitative estimate of drug-likeness (QED) is 0.421. The number of hydrogen-bond acceptors (Lipinski definition) is 7. The van der Waals surface area contributed by atoms with E-state index in [1.807, 2.05) is 19.1 Å². The van der Waals surface area contributed by atoms with E-state index in [9.17, 15) is 9.90 Å². The Labute approximate surface area is 196 Å². The molecule has 0 spiro atoms. The number of fused-ring (bicyclic) bond motifs is 1. The normalized spacial score (nSPS) is 11.5. The first kappa shape index (κ1) is 23.0.